The molecule has 1 heterocycles. The summed E-state index contributed by atoms with van der Waals surface area (Å²) in [5.41, 5.74) is 1.64. The third-order valence-electron chi connectivity index (χ3n) is 4.69. The van der Waals surface area contributed by atoms with Crippen molar-refractivity contribution in [3.8, 4) is 11.5 Å². The zero-order chi connectivity index (χ0) is 21.8. The average molecular weight is 490 g/mol. The molecule has 172 valence electrons. The molecule has 0 atom stereocenters. The van der Waals surface area contributed by atoms with Crippen molar-refractivity contribution in [1.82, 2.24) is 9.62 Å². The summed E-state index contributed by atoms with van der Waals surface area (Å²) in [6.45, 7) is 2.50. The maximum atomic E-state index is 11.3. The number of rotatable bonds is 8. The molecule has 2 aromatic carbocycles. The summed E-state index contributed by atoms with van der Waals surface area (Å²) in [7, 11) is -6.46. The molecular formula is C20H28ClN3O5S2. The van der Waals surface area contributed by atoms with Crippen LogP contribution in [0.25, 0.3) is 0 Å². The lowest BCUT2D eigenvalue weighted by Crippen LogP contribution is -2.43. The van der Waals surface area contributed by atoms with Crippen molar-refractivity contribution in [2.75, 3.05) is 30.3 Å². The number of sulfonamides is 2. The summed E-state index contributed by atoms with van der Waals surface area (Å²) in [4.78, 5) is 2.31. The van der Waals surface area contributed by atoms with Crippen LogP contribution in [0.5, 0.6) is 11.5 Å². The number of piperidine rings is 1. The number of halogens is 1. The lowest BCUT2D eigenvalue weighted by atomic mass is 10.1. The predicted octanol–water partition coefficient (Wildman–Crippen LogP) is 2.79. The second-order valence-electron chi connectivity index (χ2n) is 7.59. The fourth-order valence-electron chi connectivity index (χ4n) is 3.37. The minimum atomic E-state index is -3.30. The first-order valence-electron chi connectivity index (χ1n) is 9.60. The van der Waals surface area contributed by atoms with Crippen molar-refractivity contribution >= 4 is 38.1 Å². The number of hydrogen-bond donors (Lipinski definition) is 2. The Morgan fingerprint density at radius 3 is 1.87 bits per heavy atom. The zero-order valence-corrected chi connectivity index (χ0v) is 19.9. The molecule has 0 saturated carbocycles. The SMILES string of the molecule is CS(=O)(=O)Nc1ccc(Oc2ccc(CN3CCC(NS(C)(=O)=O)CC3)cc2)cc1.Cl. The maximum absolute atomic E-state index is 11.3. The van der Waals surface area contributed by atoms with Crippen LogP contribution in [0.15, 0.2) is 48.5 Å². The Hall–Kier alpha value is -1.85. The molecule has 1 fully saturated rings. The highest BCUT2D eigenvalue weighted by molar-refractivity contribution is 7.92. The van der Waals surface area contributed by atoms with Gasteiger partial charge in [0.05, 0.1) is 12.5 Å². The van der Waals surface area contributed by atoms with E-state index < -0.39 is 20.0 Å². The summed E-state index contributed by atoms with van der Waals surface area (Å²) < 4.78 is 56.1. The van der Waals surface area contributed by atoms with Crippen molar-refractivity contribution < 1.29 is 21.6 Å². The normalized spacial score (nSPS) is 15.8. The molecule has 11 heteroatoms. The fraction of sp³-hybridized carbons (Fsp3) is 0.400. The second kappa shape index (κ2) is 10.6. The highest BCUT2D eigenvalue weighted by Gasteiger charge is 2.21. The summed E-state index contributed by atoms with van der Waals surface area (Å²) in [5, 5.41) is 0. The molecular weight excluding hydrogens is 462 g/mol. The van der Waals surface area contributed by atoms with Crippen LogP contribution in [0.3, 0.4) is 0 Å². The van der Waals surface area contributed by atoms with Crippen molar-refractivity contribution in [1.29, 1.82) is 0 Å². The molecule has 0 radical (unpaired) electrons. The van der Waals surface area contributed by atoms with Crippen molar-refractivity contribution in [2.45, 2.75) is 25.4 Å². The molecule has 0 unspecified atom stereocenters. The van der Waals surface area contributed by atoms with Crippen LogP contribution in [0.2, 0.25) is 0 Å². The van der Waals surface area contributed by atoms with Crippen molar-refractivity contribution in [3.05, 3.63) is 54.1 Å². The van der Waals surface area contributed by atoms with Gasteiger partial charge in [0.15, 0.2) is 0 Å². The zero-order valence-electron chi connectivity index (χ0n) is 17.4. The number of benzene rings is 2. The Labute approximate surface area is 190 Å². The summed E-state index contributed by atoms with van der Waals surface area (Å²) in [6.07, 6.45) is 3.91. The van der Waals surface area contributed by atoms with Crippen LogP contribution in [-0.2, 0) is 26.6 Å². The molecule has 0 amide bonds. The van der Waals surface area contributed by atoms with Crippen LogP contribution in [0.1, 0.15) is 18.4 Å². The maximum Gasteiger partial charge on any atom is 0.229 e. The number of ether oxygens (including phenoxy) is 1. The summed E-state index contributed by atoms with van der Waals surface area (Å²) in [6, 6.07) is 14.5. The van der Waals surface area contributed by atoms with E-state index in [4.69, 9.17) is 4.74 Å². The van der Waals surface area contributed by atoms with E-state index in [0.29, 0.717) is 17.2 Å². The molecule has 31 heavy (non-hydrogen) atoms. The van der Waals surface area contributed by atoms with E-state index in [2.05, 4.69) is 14.3 Å². The van der Waals surface area contributed by atoms with Crippen LogP contribution in [0, 0.1) is 0 Å². The van der Waals surface area contributed by atoms with Gasteiger partial charge in [-0.05, 0) is 54.8 Å². The van der Waals surface area contributed by atoms with Crippen molar-refractivity contribution in [2.24, 2.45) is 0 Å². The minimum Gasteiger partial charge on any atom is -0.457 e. The molecule has 8 nitrogen and oxygen atoms in total. The minimum absolute atomic E-state index is 0. The Morgan fingerprint density at radius 2 is 1.39 bits per heavy atom. The number of anilines is 1. The van der Waals surface area contributed by atoms with Crippen LogP contribution in [0.4, 0.5) is 5.69 Å². The van der Waals surface area contributed by atoms with Gasteiger partial charge in [0.1, 0.15) is 11.5 Å². The monoisotopic (exact) mass is 489 g/mol. The topological polar surface area (TPSA) is 105 Å². The first-order chi connectivity index (χ1) is 14.1. The molecule has 2 aromatic rings. The van der Waals surface area contributed by atoms with Crippen molar-refractivity contribution in [3.63, 3.8) is 0 Å². The van der Waals surface area contributed by atoms with E-state index in [1.54, 1.807) is 24.3 Å². The second-order valence-corrected chi connectivity index (χ2v) is 11.1. The van der Waals surface area contributed by atoms with E-state index in [9.17, 15) is 16.8 Å². The lowest BCUT2D eigenvalue weighted by Gasteiger charge is -2.31. The van der Waals surface area contributed by atoms with Gasteiger partial charge in [0.25, 0.3) is 0 Å². The molecule has 0 aliphatic carbocycles. The number of likely N-dealkylation sites (tertiary alicyclic amines) is 1. The van der Waals surface area contributed by atoms with Gasteiger partial charge in [-0.2, -0.15) is 0 Å². The van der Waals surface area contributed by atoms with E-state index in [1.165, 1.54) is 6.26 Å². The summed E-state index contributed by atoms with van der Waals surface area (Å²) >= 11 is 0. The van der Waals surface area contributed by atoms with Gasteiger partial charge in [-0.25, -0.2) is 21.6 Å². The number of nitrogens with zero attached hydrogens (tertiary/aromatic N) is 1. The molecule has 0 spiro atoms. The quantitative estimate of drug-likeness (QED) is 0.590. The molecule has 3 rings (SSSR count). The first kappa shape index (κ1) is 25.4. The van der Waals surface area contributed by atoms with E-state index in [0.717, 1.165) is 44.3 Å². The Kier molecular flexibility index (Phi) is 8.73. The van der Waals surface area contributed by atoms with Gasteiger partial charge in [-0.15, -0.1) is 12.4 Å². The fourth-order valence-corrected chi connectivity index (χ4v) is 4.78. The number of hydrogen-bond acceptors (Lipinski definition) is 6. The smallest absolute Gasteiger partial charge is 0.229 e. The third kappa shape index (κ3) is 9.04. The van der Waals surface area contributed by atoms with Gasteiger partial charge in [0.2, 0.25) is 20.0 Å². The predicted molar refractivity (Wildman–Crippen MR) is 125 cm³/mol. The molecule has 2 N–H and O–H groups in total. The average Bonchev–Trinajstić information content (AvgIpc) is 2.64. The van der Waals surface area contributed by atoms with Crippen LogP contribution in [-0.4, -0.2) is 53.4 Å². The Morgan fingerprint density at radius 1 is 0.871 bits per heavy atom. The largest absolute Gasteiger partial charge is 0.457 e. The number of nitrogens with one attached hydrogen (secondary N) is 2. The van der Waals surface area contributed by atoms with Gasteiger partial charge in [-0.1, -0.05) is 12.1 Å². The van der Waals surface area contributed by atoms with E-state index >= 15 is 0 Å². The Bertz CT molecular complexity index is 1050. The van der Waals surface area contributed by atoms with E-state index in [-0.39, 0.29) is 18.4 Å². The lowest BCUT2D eigenvalue weighted by molar-refractivity contribution is 0.200. The van der Waals surface area contributed by atoms with Gasteiger partial charge in [-0.3, -0.25) is 9.62 Å². The van der Waals surface area contributed by atoms with E-state index in [1.807, 2.05) is 24.3 Å². The third-order valence-corrected chi connectivity index (χ3v) is 6.06. The van der Waals surface area contributed by atoms with Crippen LogP contribution < -0.4 is 14.2 Å². The molecule has 1 aliphatic rings. The molecule has 1 aliphatic heterocycles. The molecule has 0 aromatic heterocycles. The summed E-state index contributed by atoms with van der Waals surface area (Å²) in [5.74, 6) is 1.31. The standard InChI is InChI=1S/C20H27N3O5S2.ClH/c1-29(24,25)21-17-5-9-20(10-6-17)28-19-7-3-16(4-8-19)15-23-13-11-18(12-14-23)22-30(2,26)27;/h3-10,18,21-22H,11-15H2,1-2H3;1H. The first-order valence-corrected chi connectivity index (χ1v) is 13.4. The highest BCUT2D eigenvalue weighted by atomic mass is 35.5. The van der Waals surface area contributed by atoms with Gasteiger partial charge >= 0.3 is 0 Å². The Balaban J connectivity index is 0.00000341. The molecule has 1 saturated heterocycles. The van der Waals surface area contributed by atoms with Gasteiger partial charge in [0, 0.05) is 31.4 Å². The van der Waals surface area contributed by atoms with Crippen LogP contribution >= 0.6 is 12.4 Å². The highest BCUT2D eigenvalue weighted by Crippen LogP contribution is 2.24. The van der Waals surface area contributed by atoms with Gasteiger partial charge < -0.3 is 4.74 Å². The molecule has 0 bridgehead atoms.